The highest BCUT2D eigenvalue weighted by molar-refractivity contribution is 7.99. The second-order valence-electron chi connectivity index (χ2n) is 2.41. The van der Waals surface area contributed by atoms with Gasteiger partial charge < -0.3 is 5.11 Å². The molecule has 0 radical (unpaired) electrons. The molecule has 1 atom stereocenters. The molecule has 1 nitrogen and oxygen atoms in total. The summed E-state index contributed by atoms with van der Waals surface area (Å²) in [5.74, 6) is 4.49. The Morgan fingerprint density at radius 3 is 2.91 bits per heavy atom. The number of unbranched alkanes of at least 4 members (excludes halogenated alkanes) is 1. The summed E-state index contributed by atoms with van der Waals surface area (Å²) in [5.41, 5.74) is 0. The maximum atomic E-state index is 9.32. The van der Waals surface area contributed by atoms with E-state index in [1.807, 2.05) is 0 Å². The van der Waals surface area contributed by atoms with Crippen LogP contribution in [-0.2, 0) is 0 Å². The van der Waals surface area contributed by atoms with Crippen LogP contribution in [0.1, 0.15) is 26.2 Å². The first kappa shape index (κ1) is 10.9. The molecular formula is C9H16OS. The van der Waals surface area contributed by atoms with Crippen molar-refractivity contribution in [2.24, 2.45) is 0 Å². The fraction of sp³-hybridized carbons (Fsp3) is 0.778. The van der Waals surface area contributed by atoms with Crippen LogP contribution < -0.4 is 0 Å². The van der Waals surface area contributed by atoms with E-state index >= 15 is 0 Å². The predicted octanol–water partition coefficient (Wildman–Crippen LogP) is 1.90. The Morgan fingerprint density at radius 1 is 1.64 bits per heavy atom. The quantitative estimate of drug-likeness (QED) is 0.488. The molecule has 0 heterocycles. The van der Waals surface area contributed by atoms with Crippen molar-refractivity contribution in [3.63, 3.8) is 0 Å². The van der Waals surface area contributed by atoms with Crippen molar-refractivity contribution in [2.45, 2.75) is 32.3 Å². The van der Waals surface area contributed by atoms with E-state index < -0.39 is 0 Å². The molecule has 0 saturated carbocycles. The van der Waals surface area contributed by atoms with Gasteiger partial charge in [-0.1, -0.05) is 6.92 Å². The highest BCUT2D eigenvalue weighted by atomic mass is 32.2. The molecule has 1 unspecified atom stereocenters. The number of hydrogen-bond acceptors (Lipinski definition) is 2. The Kier molecular flexibility index (Phi) is 7.88. The van der Waals surface area contributed by atoms with Crippen molar-refractivity contribution < 1.29 is 5.11 Å². The maximum Gasteiger partial charge on any atom is 0.0630 e. The van der Waals surface area contributed by atoms with Crippen molar-refractivity contribution in [1.82, 2.24) is 0 Å². The average molecular weight is 172 g/mol. The molecule has 11 heavy (non-hydrogen) atoms. The van der Waals surface area contributed by atoms with E-state index in [4.69, 9.17) is 6.42 Å². The zero-order valence-corrected chi connectivity index (χ0v) is 7.86. The molecule has 2 heteroatoms. The van der Waals surface area contributed by atoms with Gasteiger partial charge in [0.1, 0.15) is 0 Å². The molecule has 0 aliphatic carbocycles. The SMILES string of the molecule is C#CCCCC(O)CSCC. The summed E-state index contributed by atoms with van der Waals surface area (Å²) in [6, 6.07) is 0. The summed E-state index contributed by atoms with van der Waals surface area (Å²) in [7, 11) is 0. The van der Waals surface area contributed by atoms with Crippen LogP contribution in [0.5, 0.6) is 0 Å². The van der Waals surface area contributed by atoms with Gasteiger partial charge in [0.25, 0.3) is 0 Å². The largest absolute Gasteiger partial charge is 0.392 e. The van der Waals surface area contributed by atoms with Gasteiger partial charge in [0.2, 0.25) is 0 Å². The van der Waals surface area contributed by atoms with E-state index in [0.717, 1.165) is 30.8 Å². The molecule has 0 amide bonds. The fourth-order valence-corrected chi connectivity index (χ4v) is 1.45. The Bertz CT molecular complexity index is 117. The third kappa shape index (κ3) is 7.77. The smallest absolute Gasteiger partial charge is 0.0630 e. The maximum absolute atomic E-state index is 9.32. The van der Waals surface area contributed by atoms with Crippen molar-refractivity contribution in [1.29, 1.82) is 0 Å². The average Bonchev–Trinajstić information content (AvgIpc) is 2.01. The molecule has 0 bridgehead atoms. The van der Waals surface area contributed by atoms with Crippen LogP contribution in [0.25, 0.3) is 0 Å². The lowest BCUT2D eigenvalue weighted by Crippen LogP contribution is -2.09. The van der Waals surface area contributed by atoms with Crippen LogP contribution in [0.3, 0.4) is 0 Å². The van der Waals surface area contributed by atoms with E-state index in [1.165, 1.54) is 0 Å². The molecule has 0 saturated heterocycles. The van der Waals surface area contributed by atoms with Gasteiger partial charge in [-0.25, -0.2) is 0 Å². The molecule has 0 spiro atoms. The molecular weight excluding hydrogens is 156 g/mol. The Balaban J connectivity index is 3.10. The summed E-state index contributed by atoms with van der Waals surface area (Å²) >= 11 is 1.77. The van der Waals surface area contributed by atoms with Gasteiger partial charge in [0.05, 0.1) is 6.10 Å². The Morgan fingerprint density at radius 2 is 2.36 bits per heavy atom. The van der Waals surface area contributed by atoms with Gasteiger partial charge in [-0.15, -0.1) is 12.3 Å². The Labute approximate surface area is 73.6 Å². The van der Waals surface area contributed by atoms with Crippen molar-refractivity contribution in [3.05, 3.63) is 0 Å². The summed E-state index contributed by atoms with van der Waals surface area (Å²) in [4.78, 5) is 0. The minimum atomic E-state index is -0.159. The molecule has 1 N–H and O–H groups in total. The second-order valence-corrected chi connectivity index (χ2v) is 3.73. The molecule has 0 fully saturated rings. The van der Waals surface area contributed by atoms with Crippen LogP contribution in [0.4, 0.5) is 0 Å². The molecule has 0 rings (SSSR count). The first-order valence-electron chi connectivity index (χ1n) is 4.00. The van der Waals surface area contributed by atoms with Crippen LogP contribution in [0.2, 0.25) is 0 Å². The van der Waals surface area contributed by atoms with Gasteiger partial charge in [0, 0.05) is 12.2 Å². The molecule has 0 aromatic carbocycles. The van der Waals surface area contributed by atoms with E-state index in [-0.39, 0.29) is 6.10 Å². The van der Waals surface area contributed by atoms with E-state index in [0.29, 0.717) is 0 Å². The molecule has 0 aliphatic rings. The minimum Gasteiger partial charge on any atom is -0.392 e. The monoisotopic (exact) mass is 172 g/mol. The third-order valence-electron chi connectivity index (χ3n) is 1.37. The minimum absolute atomic E-state index is 0.159. The lowest BCUT2D eigenvalue weighted by atomic mass is 10.2. The zero-order valence-electron chi connectivity index (χ0n) is 7.05. The number of aliphatic hydroxyl groups excluding tert-OH is 1. The first-order chi connectivity index (χ1) is 5.31. The standard InChI is InChI=1S/C9H16OS/c1-3-5-6-7-9(10)8-11-4-2/h1,9-10H,4-8H2,2H3. The number of thioether (sulfide) groups is 1. The van der Waals surface area contributed by atoms with Crippen LogP contribution in [0.15, 0.2) is 0 Å². The topological polar surface area (TPSA) is 20.2 Å². The normalized spacial score (nSPS) is 12.5. The van der Waals surface area contributed by atoms with E-state index in [1.54, 1.807) is 11.8 Å². The van der Waals surface area contributed by atoms with Gasteiger partial charge in [-0.05, 0) is 18.6 Å². The van der Waals surface area contributed by atoms with E-state index in [2.05, 4.69) is 12.8 Å². The summed E-state index contributed by atoms with van der Waals surface area (Å²) < 4.78 is 0. The van der Waals surface area contributed by atoms with Crippen LogP contribution in [0, 0.1) is 12.3 Å². The van der Waals surface area contributed by atoms with Crippen molar-refractivity contribution >= 4 is 11.8 Å². The number of aliphatic hydroxyl groups is 1. The Hall–Kier alpha value is -0.130. The molecule has 0 aromatic heterocycles. The van der Waals surface area contributed by atoms with Crippen molar-refractivity contribution in [3.8, 4) is 12.3 Å². The predicted molar refractivity (Wildman–Crippen MR) is 51.7 cm³/mol. The lowest BCUT2D eigenvalue weighted by molar-refractivity contribution is 0.187. The van der Waals surface area contributed by atoms with Gasteiger partial charge in [-0.3, -0.25) is 0 Å². The molecule has 0 aliphatic heterocycles. The highest BCUT2D eigenvalue weighted by Crippen LogP contribution is 2.07. The van der Waals surface area contributed by atoms with Crippen LogP contribution in [-0.4, -0.2) is 22.7 Å². The van der Waals surface area contributed by atoms with Gasteiger partial charge >= 0.3 is 0 Å². The first-order valence-corrected chi connectivity index (χ1v) is 5.16. The second kappa shape index (κ2) is 7.97. The highest BCUT2D eigenvalue weighted by Gasteiger charge is 2.01. The number of terminal acetylenes is 1. The van der Waals surface area contributed by atoms with Crippen molar-refractivity contribution in [2.75, 3.05) is 11.5 Å². The third-order valence-corrected chi connectivity index (χ3v) is 2.40. The van der Waals surface area contributed by atoms with Gasteiger partial charge in [-0.2, -0.15) is 11.8 Å². The fourth-order valence-electron chi connectivity index (χ4n) is 0.777. The lowest BCUT2D eigenvalue weighted by Gasteiger charge is -2.07. The summed E-state index contributed by atoms with van der Waals surface area (Å²) in [6.45, 7) is 2.10. The van der Waals surface area contributed by atoms with Crippen LogP contribution >= 0.6 is 11.8 Å². The molecule has 0 aromatic rings. The van der Waals surface area contributed by atoms with Gasteiger partial charge in [0.15, 0.2) is 0 Å². The zero-order chi connectivity index (χ0) is 8.53. The number of hydrogen-bond donors (Lipinski definition) is 1. The molecule has 64 valence electrons. The summed E-state index contributed by atoms with van der Waals surface area (Å²) in [6.07, 6.45) is 7.50. The summed E-state index contributed by atoms with van der Waals surface area (Å²) in [5, 5.41) is 9.32. The van der Waals surface area contributed by atoms with E-state index in [9.17, 15) is 5.11 Å². The number of rotatable bonds is 6.